The van der Waals surface area contributed by atoms with Gasteiger partial charge in [0.25, 0.3) is 0 Å². The molecule has 1 aliphatic rings. The summed E-state index contributed by atoms with van der Waals surface area (Å²) in [6.45, 7) is 11.0. The van der Waals surface area contributed by atoms with Gasteiger partial charge >= 0.3 is 0 Å². The van der Waals surface area contributed by atoms with Gasteiger partial charge in [0.05, 0.1) is 6.20 Å². The van der Waals surface area contributed by atoms with Crippen molar-refractivity contribution in [1.29, 1.82) is 0 Å². The number of nitrogens with one attached hydrogen (secondary N) is 1. The second-order valence-electron chi connectivity index (χ2n) is 7.73. The van der Waals surface area contributed by atoms with Crippen molar-refractivity contribution < 1.29 is 0 Å². The third kappa shape index (κ3) is 3.83. The number of para-hydroxylation sites is 1. The summed E-state index contributed by atoms with van der Waals surface area (Å²) in [6.07, 6.45) is 4.07. The summed E-state index contributed by atoms with van der Waals surface area (Å²) in [7, 11) is 0. The Bertz CT molecular complexity index is 684. The maximum Gasteiger partial charge on any atom is 0.247 e. The van der Waals surface area contributed by atoms with Crippen molar-refractivity contribution in [3.63, 3.8) is 0 Å². The zero-order valence-corrected chi connectivity index (χ0v) is 15.1. The molecule has 1 N–H and O–H groups in total. The second kappa shape index (κ2) is 6.75. The monoisotopic (exact) mass is 325 g/mol. The maximum absolute atomic E-state index is 4.68. The lowest BCUT2D eigenvalue weighted by molar-refractivity contribution is 0.433. The van der Waals surface area contributed by atoms with E-state index >= 15 is 0 Å². The minimum atomic E-state index is 0.0654. The van der Waals surface area contributed by atoms with Crippen LogP contribution in [0.5, 0.6) is 0 Å². The van der Waals surface area contributed by atoms with Gasteiger partial charge in [-0.3, -0.25) is 0 Å². The van der Waals surface area contributed by atoms with Crippen LogP contribution in [0.4, 0.5) is 17.5 Å². The highest BCUT2D eigenvalue weighted by Crippen LogP contribution is 2.31. The number of piperidine rings is 1. The van der Waals surface area contributed by atoms with Crippen molar-refractivity contribution >= 4 is 17.5 Å². The average Bonchev–Trinajstić information content (AvgIpc) is 2.55. The Morgan fingerprint density at radius 2 is 1.83 bits per heavy atom. The number of anilines is 3. The van der Waals surface area contributed by atoms with E-state index in [1.54, 1.807) is 6.20 Å². The fraction of sp³-hybridized carbons (Fsp3) is 0.526. The molecule has 1 fully saturated rings. The Morgan fingerprint density at radius 3 is 2.54 bits per heavy atom. The molecule has 24 heavy (non-hydrogen) atoms. The molecular formula is C19H27N5. The van der Waals surface area contributed by atoms with Crippen LogP contribution in [0.25, 0.3) is 0 Å². The number of rotatable bonds is 3. The van der Waals surface area contributed by atoms with E-state index in [0.29, 0.717) is 0 Å². The largest absolute Gasteiger partial charge is 0.339 e. The lowest BCUT2D eigenvalue weighted by atomic mass is 9.86. The Morgan fingerprint density at radius 1 is 1.12 bits per heavy atom. The lowest BCUT2D eigenvalue weighted by Gasteiger charge is -2.30. The van der Waals surface area contributed by atoms with Crippen molar-refractivity contribution in [3.8, 4) is 0 Å². The van der Waals surface area contributed by atoms with Crippen LogP contribution in [0.15, 0.2) is 30.5 Å². The van der Waals surface area contributed by atoms with Crippen molar-refractivity contribution in [3.05, 3.63) is 36.0 Å². The zero-order chi connectivity index (χ0) is 17.2. The number of hydrogen-bond donors (Lipinski definition) is 1. The molecule has 2 aromatic rings. The van der Waals surface area contributed by atoms with Crippen LogP contribution in [0.1, 0.15) is 46.1 Å². The van der Waals surface area contributed by atoms with Crippen molar-refractivity contribution in [2.24, 2.45) is 5.92 Å². The Labute approximate surface area is 144 Å². The summed E-state index contributed by atoms with van der Waals surface area (Å²) in [5.74, 6) is 2.25. The summed E-state index contributed by atoms with van der Waals surface area (Å²) in [5, 5.41) is 11.8. The first-order valence-electron chi connectivity index (χ1n) is 8.74. The number of nitrogens with zero attached hydrogens (tertiary/aromatic N) is 4. The summed E-state index contributed by atoms with van der Waals surface area (Å²) in [5.41, 5.74) is 2.40. The molecule has 1 saturated heterocycles. The predicted molar refractivity (Wildman–Crippen MR) is 98.9 cm³/mol. The Balaban J connectivity index is 1.81. The fourth-order valence-electron chi connectivity index (χ4n) is 3.08. The predicted octanol–water partition coefficient (Wildman–Crippen LogP) is 4.15. The Kier molecular flexibility index (Phi) is 4.69. The molecule has 0 atom stereocenters. The molecule has 3 rings (SSSR count). The van der Waals surface area contributed by atoms with Gasteiger partial charge in [0.2, 0.25) is 5.95 Å². The SMILES string of the molecule is CC1CCN(c2nncc(Nc3ccccc3C(C)(C)C)n2)CC1. The molecule has 1 aromatic carbocycles. The van der Waals surface area contributed by atoms with Gasteiger partial charge in [-0.1, -0.05) is 45.9 Å². The van der Waals surface area contributed by atoms with E-state index < -0.39 is 0 Å². The van der Waals surface area contributed by atoms with Gasteiger partial charge in [-0.25, -0.2) is 0 Å². The van der Waals surface area contributed by atoms with Crippen LogP contribution in [-0.2, 0) is 5.41 Å². The van der Waals surface area contributed by atoms with E-state index in [2.05, 4.69) is 71.3 Å². The topological polar surface area (TPSA) is 53.9 Å². The van der Waals surface area contributed by atoms with E-state index in [1.807, 2.05) is 6.07 Å². The van der Waals surface area contributed by atoms with Crippen LogP contribution < -0.4 is 10.2 Å². The molecule has 0 bridgehead atoms. The van der Waals surface area contributed by atoms with Crippen molar-refractivity contribution in [2.75, 3.05) is 23.3 Å². The molecule has 1 aromatic heterocycles. The van der Waals surface area contributed by atoms with Crippen LogP contribution in [-0.4, -0.2) is 28.3 Å². The highest BCUT2D eigenvalue weighted by molar-refractivity contribution is 5.62. The normalized spacial score (nSPS) is 16.2. The molecule has 5 heteroatoms. The molecule has 5 nitrogen and oxygen atoms in total. The summed E-state index contributed by atoms with van der Waals surface area (Å²) >= 11 is 0. The third-order valence-corrected chi connectivity index (χ3v) is 4.61. The standard InChI is InChI=1S/C19H27N5/c1-14-9-11-24(12-10-14)18-22-17(13-20-23-18)21-16-8-6-5-7-15(16)19(2,3)4/h5-8,13-14H,9-12H2,1-4H3,(H,21,22,23). The van der Waals surface area contributed by atoms with Crippen molar-refractivity contribution in [1.82, 2.24) is 15.2 Å². The third-order valence-electron chi connectivity index (χ3n) is 4.61. The van der Waals surface area contributed by atoms with Gasteiger partial charge in [0, 0.05) is 18.8 Å². The Hall–Kier alpha value is -2.17. The van der Waals surface area contributed by atoms with E-state index in [0.717, 1.165) is 36.5 Å². The van der Waals surface area contributed by atoms with Crippen LogP contribution in [0.2, 0.25) is 0 Å². The van der Waals surface area contributed by atoms with E-state index in [-0.39, 0.29) is 5.41 Å². The highest BCUT2D eigenvalue weighted by Gasteiger charge is 2.20. The zero-order valence-electron chi connectivity index (χ0n) is 15.1. The smallest absolute Gasteiger partial charge is 0.247 e. The minimum Gasteiger partial charge on any atom is -0.339 e. The minimum absolute atomic E-state index is 0.0654. The van der Waals surface area contributed by atoms with Crippen LogP contribution in [0.3, 0.4) is 0 Å². The molecule has 0 spiro atoms. The molecule has 128 valence electrons. The van der Waals surface area contributed by atoms with Crippen molar-refractivity contribution in [2.45, 2.75) is 46.0 Å². The lowest BCUT2D eigenvalue weighted by Crippen LogP contribution is -2.34. The molecule has 0 amide bonds. The fourth-order valence-corrected chi connectivity index (χ4v) is 3.08. The highest BCUT2D eigenvalue weighted by atomic mass is 15.3. The van der Waals surface area contributed by atoms with E-state index in [9.17, 15) is 0 Å². The molecule has 0 radical (unpaired) electrons. The van der Waals surface area contributed by atoms with Gasteiger partial charge in [0.1, 0.15) is 0 Å². The molecule has 1 aliphatic heterocycles. The first kappa shape index (κ1) is 16.7. The molecule has 0 aliphatic carbocycles. The van der Waals surface area contributed by atoms with Crippen LogP contribution in [0, 0.1) is 5.92 Å². The number of benzene rings is 1. The van der Waals surface area contributed by atoms with Gasteiger partial charge in [0.15, 0.2) is 5.82 Å². The molecule has 0 saturated carbocycles. The molecule has 2 heterocycles. The first-order valence-corrected chi connectivity index (χ1v) is 8.74. The average molecular weight is 325 g/mol. The van der Waals surface area contributed by atoms with Gasteiger partial charge < -0.3 is 10.2 Å². The van der Waals surface area contributed by atoms with Gasteiger partial charge in [-0.2, -0.15) is 10.1 Å². The van der Waals surface area contributed by atoms with E-state index in [4.69, 9.17) is 0 Å². The van der Waals surface area contributed by atoms with E-state index in [1.165, 1.54) is 18.4 Å². The molecular weight excluding hydrogens is 298 g/mol. The van der Waals surface area contributed by atoms with Gasteiger partial charge in [-0.15, -0.1) is 5.10 Å². The maximum atomic E-state index is 4.68. The summed E-state index contributed by atoms with van der Waals surface area (Å²) in [6, 6.07) is 8.36. The van der Waals surface area contributed by atoms with Crippen LogP contribution >= 0.6 is 0 Å². The number of hydrogen-bond acceptors (Lipinski definition) is 5. The molecule has 0 unspecified atom stereocenters. The summed E-state index contributed by atoms with van der Waals surface area (Å²) in [4.78, 5) is 6.91. The number of aromatic nitrogens is 3. The quantitative estimate of drug-likeness (QED) is 0.919. The second-order valence-corrected chi connectivity index (χ2v) is 7.73. The van der Waals surface area contributed by atoms with Gasteiger partial charge in [-0.05, 0) is 35.8 Å². The summed E-state index contributed by atoms with van der Waals surface area (Å²) < 4.78 is 0. The first-order chi connectivity index (χ1) is 11.4.